The fourth-order valence-electron chi connectivity index (χ4n) is 1.51. The van der Waals surface area contributed by atoms with E-state index in [2.05, 4.69) is 6.92 Å². The van der Waals surface area contributed by atoms with E-state index in [1.54, 1.807) is 17.8 Å². The summed E-state index contributed by atoms with van der Waals surface area (Å²) in [6, 6.07) is 3.63. The lowest BCUT2D eigenvalue weighted by atomic mass is 10.2. The topological polar surface area (TPSA) is 17.1 Å². The molecule has 0 aromatic carbocycles. The smallest absolute Gasteiger partial charge is 0.186 e. The number of rotatable bonds is 2. The molecule has 1 aliphatic heterocycles. The summed E-state index contributed by atoms with van der Waals surface area (Å²) in [4.78, 5) is 12.9. The van der Waals surface area contributed by atoms with Crippen LogP contribution in [0, 0.1) is 0 Å². The van der Waals surface area contributed by atoms with Gasteiger partial charge in [-0.25, -0.2) is 0 Å². The summed E-state index contributed by atoms with van der Waals surface area (Å²) in [5, 5.41) is 0.524. The van der Waals surface area contributed by atoms with Gasteiger partial charge in [0.05, 0.1) is 14.5 Å². The Bertz CT molecular complexity index is 363. The third kappa shape index (κ3) is 2.73. The Labute approximate surface area is 107 Å². The molecule has 1 aromatic rings. The summed E-state index contributed by atoms with van der Waals surface area (Å²) in [6.45, 7) is 2.13. The number of thioether (sulfide) groups is 2. The van der Waals surface area contributed by atoms with Crippen molar-refractivity contribution in [1.29, 1.82) is 0 Å². The van der Waals surface area contributed by atoms with Crippen LogP contribution in [0.2, 0.25) is 4.34 Å². The van der Waals surface area contributed by atoms with Crippen LogP contribution in [0.1, 0.15) is 16.6 Å². The highest BCUT2D eigenvalue weighted by Gasteiger charge is 2.30. The van der Waals surface area contributed by atoms with Gasteiger partial charge < -0.3 is 0 Å². The zero-order chi connectivity index (χ0) is 10.8. The Morgan fingerprint density at radius 3 is 2.73 bits per heavy atom. The molecule has 1 saturated heterocycles. The van der Waals surface area contributed by atoms with E-state index in [0.29, 0.717) is 9.59 Å². The number of hydrogen-bond donors (Lipinski definition) is 0. The highest BCUT2D eigenvalue weighted by atomic mass is 35.5. The number of ketones is 1. The molecule has 2 rings (SSSR count). The third-order valence-corrected chi connectivity index (χ3v) is 6.60. The SMILES string of the molecule is CC1SCCSC1C(=O)c1ccc(Cl)s1. The molecule has 0 aliphatic carbocycles. The van der Waals surface area contributed by atoms with Crippen molar-refractivity contribution in [3.8, 4) is 0 Å². The number of hydrogen-bond acceptors (Lipinski definition) is 4. The van der Waals surface area contributed by atoms with Gasteiger partial charge in [-0.15, -0.1) is 23.1 Å². The molecule has 2 atom stereocenters. The van der Waals surface area contributed by atoms with Crippen molar-refractivity contribution >= 4 is 52.2 Å². The Morgan fingerprint density at radius 2 is 2.13 bits per heavy atom. The molecule has 2 heterocycles. The number of Topliss-reactive ketones (excluding diaryl/α,β-unsaturated/α-hetero) is 1. The van der Waals surface area contributed by atoms with E-state index in [4.69, 9.17) is 11.6 Å². The molecule has 0 radical (unpaired) electrons. The molecule has 0 amide bonds. The molecule has 0 spiro atoms. The van der Waals surface area contributed by atoms with Gasteiger partial charge in [-0.1, -0.05) is 18.5 Å². The molecule has 1 aliphatic rings. The van der Waals surface area contributed by atoms with E-state index in [0.717, 1.165) is 16.4 Å². The van der Waals surface area contributed by atoms with Gasteiger partial charge in [0.25, 0.3) is 0 Å². The van der Waals surface area contributed by atoms with E-state index in [9.17, 15) is 4.79 Å². The highest BCUT2D eigenvalue weighted by molar-refractivity contribution is 8.07. The number of thiophene rings is 1. The van der Waals surface area contributed by atoms with Gasteiger partial charge in [0.2, 0.25) is 0 Å². The number of halogens is 1. The Hall–Kier alpha value is 0.360. The fourth-order valence-corrected chi connectivity index (χ4v) is 5.32. The molecule has 2 unspecified atom stereocenters. The molecule has 1 nitrogen and oxygen atoms in total. The minimum atomic E-state index is 0.110. The van der Waals surface area contributed by atoms with Gasteiger partial charge in [0.15, 0.2) is 5.78 Å². The second kappa shape index (κ2) is 5.13. The van der Waals surface area contributed by atoms with Gasteiger partial charge >= 0.3 is 0 Å². The zero-order valence-electron chi connectivity index (χ0n) is 8.23. The Kier molecular flexibility index (Phi) is 4.04. The van der Waals surface area contributed by atoms with Crippen LogP contribution in [0.15, 0.2) is 12.1 Å². The Morgan fingerprint density at radius 1 is 1.40 bits per heavy atom. The average Bonchev–Trinajstić information content (AvgIpc) is 2.65. The molecule has 1 aromatic heterocycles. The minimum absolute atomic E-state index is 0.110. The molecule has 0 N–H and O–H groups in total. The molecule has 15 heavy (non-hydrogen) atoms. The van der Waals surface area contributed by atoms with Crippen LogP contribution >= 0.6 is 46.5 Å². The van der Waals surface area contributed by atoms with E-state index in [1.165, 1.54) is 11.3 Å². The second-order valence-electron chi connectivity index (χ2n) is 3.34. The summed E-state index contributed by atoms with van der Waals surface area (Å²) in [7, 11) is 0. The Balaban J connectivity index is 2.13. The molecular weight excluding hydrogens is 268 g/mol. The first-order chi connectivity index (χ1) is 7.18. The van der Waals surface area contributed by atoms with Crippen molar-refractivity contribution in [3.63, 3.8) is 0 Å². The van der Waals surface area contributed by atoms with Crippen LogP contribution in [0.4, 0.5) is 0 Å². The van der Waals surface area contributed by atoms with E-state index >= 15 is 0 Å². The van der Waals surface area contributed by atoms with Crippen molar-refractivity contribution in [1.82, 2.24) is 0 Å². The van der Waals surface area contributed by atoms with Crippen LogP contribution < -0.4 is 0 Å². The summed E-state index contributed by atoms with van der Waals surface area (Å²) in [6.07, 6.45) is 0. The van der Waals surface area contributed by atoms with Gasteiger partial charge in [0.1, 0.15) is 0 Å². The van der Waals surface area contributed by atoms with E-state index < -0.39 is 0 Å². The summed E-state index contributed by atoms with van der Waals surface area (Å²) in [5.41, 5.74) is 0. The van der Waals surface area contributed by atoms with Crippen LogP contribution in [0.25, 0.3) is 0 Å². The minimum Gasteiger partial charge on any atom is -0.292 e. The standard InChI is InChI=1S/C10H11ClOS3/c1-6-10(14-5-4-13-6)9(12)7-2-3-8(11)15-7/h2-3,6,10H,4-5H2,1H3. The van der Waals surface area contributed by atoms with Gasteiger partial charge in [-0.3, -0.25) is 4.79 Å². The summed E-state index contributed by atoms with van der Waals surface area (Å²) >= 11 is 10.9. The zero-order valence-corrected chi connectivity index (χ0v) is 11.4. The van der Waals surface area contributed by atoms with Gasteiger partial charge in [0, 0.05) is 16.8 Å². The van der Waals surface area contributed by atoms with Crippen molar-refractivity contribution in [2.45, 2.75) is 17.4 Å². The summed E-state index contributed by atoms with van der Waals surface area (Å²) < 4.78 is 0.694. The predicted molar refractivity (Wildman–Crippen MR) is 71.8 cm³/mol. The molecule has 0 saturated carbocycles. The van der Waals surface area contributed by atoms with Crippen molar-refractivity contribution in [2.24, 2.45) is 0 Å². The van der Waals surface area contributed by atoms with Crippen molar-refractivity contribution < 1.29 is 4.79 Å². The first-order valence-corrected chi connectivity index (χ1v) is 8.00. The maximum Gasteiger partial charge on any atom is 0.186 e. The molecule has 1 fully saturated rings. The molecule has 5 heteroatoms. The average molecular weight is 279 g/mol. The monoisotopic (exact) mass is 278 g/mol. The number of carbonyl (C=O) groups is 1. The lowest BCUT2D eigenvalue weighted by Crippen LogP contribution is -2.30. The largest absolute Gasteiger partial charge is 0.292 e. The fraction of sp³-hybridized carbons (Fsp3) is 0.500. The van der Waals surface area contributed by atoms with Crippen LogP contribution in [0.3, 0.4) is 0 Å². The quantitative estimate of drug-likeness (QED) is 0.766. The normalized spacial score (nSPS) is 26.5. The maximum atomic E-state index is 12.1. The van der Waals surface area contributed by atoms with Crippen molar-refractivity contribution in [3.05, 3.63) is 21.3 Å². The van der Waals surface area contributed by atoms with E-state index in [1.807, 2.05) is 17.8 Å². The second-order valence-corrected chi connectivity index (χ2v) is 7.78. The van der Waals surface area contributed by atoms with E-state index in [-0.39, 0.29) is 11.0 Å². The summed E-state index contributed by atoms with van der Waals surface area (Å²) in [5.74, 6) is 2.47. The molecular formula is C10H11ClOS3. The van der Waals surface area contributed by atoms with Crippen LogP contribution in [-0.4, -0.2) is 27.8 Å². The van der Waals surface area contributed by atoms with Crippen molar-refractivity contribution in [2.75, 3.05) is 11.5 Å². The first kappa shape index (κ1) is 11.8. The number of carbonyl (C=O) groups excluding carboxylic acids is 1. The van der Waals surface area contributed by atoms with Gasteiger partial charge in [-0.2, -0.15) is 11.8 Å². The predicted octanol–water partition coefficient (Wildman–Crippen LogP) is 3.82. The highest BCUT2D eigenvalue weighted by Crippen LogP contribution is 2.34. The molecule has 0 bridgehead atoms. The maximum absolute atomic E-state index is 12.1. The third-order valence-electron chi connectivity index (χ3n) is 2.26. The molecule has 82 valence electrons. The first-order valence-electron chi connectivity index (χ1n) is 4.71. The lowest BCUT2D eigenvalue weighted by Gasteiger charge is -2.26. The van der Waals surface area contributed by atoms with Crippen LogP contribution in [-0.2, 0) is 0 Å². The lowest BCUT2D eigenvalue weighted by molar-refractivity contribution is 0.0993. The van der Waals surface area contributed by atoms with Gasteiger partial charge in [-0.05, 0) is 12.1 Å². The van der Waals surface area contributed by atoms with Crippen LogP contribution in [0.5, 0.6) is 0 Å².